The minimum Gasteiger partial charge on any atom is -0.494 e. The monoisotopic (exact) mass is 468 g/mol. The number of nitrogens with one attached hydrogen (secondary N) is 1. The van der Waals surface area contributed by atoms with E-state index in [9.17, 15) is 13.2 Å². The average molecular weight is 469 g/mol. The van der Waals surface area contributed by atoms with Crippen LogP contribution in [0.5, 0.6) is 11.5 Å². The summed E-state index contributed by atoms with van der Waals surface area (Å²) in [4.78, 5) is 12.6. The van der Waals surface area contributed by atoms with Crippen molar-refractivity contribution in [1.82, 2.24) is 0 Å². The minimum absolute atomic E-state index is 0.347. The molecule has 0 saturated carbocycles. The summed E-state index contributed by atoms with van der Waals surface area (Å²) < 4.78 is 36.9. The van der Waals surface area contributed by atoms with Gasteiger partial charge in [0.25, 0.3) is 0 Å². The standard InChI is InChI=1S/C25H28N2O5S/c1-3-17-31-23-15-11-22(12-16-23)27(33(2,29)30)18-25(28)26-21-9-13-24(14-10-21)32-19-20-7-5-4-6-8-20/h4-16H,3,17-19H2,1-2H3,(H,26,28). The molecule has 0 atom stereocenters. The highest BCUT2D eigenvalue weighted by atomic mass is 32.2. The Labute approximate surface area is 195 Å². The molecule has 3 rings (SSSR count). The molecule has 0 bridgehead atoms. The third-order valence-corrected chi connectivity index (χ3v) is 5.81. The summed E-state index contributed by atoms with van der Waals surface area (Å²) in [5.41, 5.74) is 1.99. The van der Waals surface area contributed by atoms with E-state index < -0.39 is 15.9 Å². The maximum absolute atomic E-state index is 12.6. The van der Waals surface area contributed by atoms with Crippen LogP contribution in [-0.4, -0.2) is 33.7 Å². The lowest BCUT2D eigenvalue weighted by Crippen LogP contribution is -2.37. The number of sulfonamides is 1. The highest BCUT2D eigenvalue weighted by Crippen LogP contribution is 2.22. The van der Waals surface area contributed by atoms with Crippen LogP contribution in [0.15, 0.2) is 78.9 Å². The van der Waals surface area contributed by atoms with Gasteiger partial charge in [0, 0.05) is 5.69 Å². The van der Waals surface area contributed by atoms with Crippen LogP contribution in [0.2, 0.25) is 0 Å². The van der Waals surface area contributed by atoms with Crippen molar-refractivity contribution in [2.75, 3.05) is 29.0 Å². The van der Waals surface area contributed by atoms with Gasteiger partial charge in [-0.25, -0.2) is 8.42 Å². The second kappa shape index (κ2) is 11.4. The number of hydrogen-bond acceptors (Lipinski definition) is 5. The molecule has 0 heterocycles. The van der Waals surface area contributed by atoms with Crippen LogP contribution in [0.3, 0.4) is 0 Å². The van der Waals surface area contributed by atoms with E-state index >= 15 is 0 Å². The summed E-state index contributed by atoms with van der Waals surface area (Å²) in [6, 6.07) is 23.4. The molecule has 3 aromatic carbocycles. The van der Waals surface area contributed by atoms with E-state index in [-0.39, 0.29) is 6.54 Å². The highest BCUT2D eigenvalue weighted by Gasteiger charge is 2.21. The smallest absolute Gasteiger partial charge is 0.245 e. The van der Waals surface area contributed by atoms with Crippen LogP contribution in [-0.2, 0) is 21.4 Å². The first-order valence-corrected chi connectivity index (χ1v) is 12.5. The van der Waals surface area contributed by atoms with E-state index in [1.165, 1.54) is 0 Å². The molecule has 0 spiro atoms. The van der Waals surface area contributed by atoms with E-state index in [0.29, 0.717) is 36.1 Å². The van der Waals surface area contributed by atoms with E-state index in [2.05, 4.69) is 5.32 Å². The summed E-state index contributed by atoms with van der Waals surface area (Å²) in [5.74, 6) is 0.859. The van der Waals surface area contributed by atoms with Crippen molar-refractivity contribution in [2.45, 2.75) is 20.0 Å². The van der Waals surface area contributed by atoms with Crippen LogP contribution in [0, 0.1) is 0 Å². The molecule has 7 nitrogen and oxygen atoms in total. The molecule has 0 aliphatic rings. The molecule has 33 heavy (non-hydrogen) atoms. The molecule has 0 unspecified atom stereocenters. The van der Waals surface area contributed by atoms with Gasteiger partial charge in [0.1, 0.15) is 24.7 Å². The fourth-order valence-corrected chi connectivity index (χ4v) is 3.89. The minimum atomic E-state index is -3.66. The Hall–Kier alpha value is -3.52. The summed E-state index contributed by atoms with van der Waals surface area (Å²) in [5, 5.41) is 2.73. The Morgan fingerprint density at radius 1 is 0.879 bits per heavy atom. The maximum Gasteiger partial charge on any atom is 0.245 e. The first-order valence-electron chi connectivity index (χ1n) is 10.6. The molecule has 0 aliphatic heterocycles. The molecule has 0 aliphatic carbocycles. The summed E-state index contributed by atoms with van der Waals surface area (Å²) in [7, 11) is -3.66. The molecule has 0 radical (unpaired) electrons. The SMILES string of the molecule is CCCOc1ccc(N(CC(=O)Nc2ccc(OCc3ccccc3)cc2)S(C)(=O)=O)cc1. The van der Waals surface area contributed by atoms with Gasteiger partial charge in [0.2, 0.25) is 15.9 Å². The van der Waals surface area contributed by atoms with Crippen molar-refractivity contribution < 1.29 is 22.7 Å². The molecule has 8 heteroatoms. The van der Waals surface area contributed by atoms with Crippen LogP contribution >= 0.6 is 0 Å². The van der Waals surface area contributed by atoms with Crippen molar-refractivity contribution in [3.05, 3.63) is 84.4 Å². The highest BCUT2D eigenvalue weighted by molar-refractivity contribution is 7.92. The molecule has 174 valence electrons. The number of nitrogens with zero attached hydrogens (tertiary/aromatic N) is 1. The first-order chi connectivity index (χ1) is 15.8. The molecular weight excluding hydrogens is 440 g/mol. The van der Waals surface area contributed by atoms with Crippen LogP contribution in [0.1, 0.15) is 18.9 Å². The van der Waals surface area contributed by atoms with Gasteiger partial charge < -0.3 is 14.8 Å². The molecule has 1 amide bonds. The van der Waals surface area contributed by atoms with E-state index in [4.69, 9.17) is 9.47 Å². The fourth-order valence-electron chi connectivity index (χ4n) is 3.03. The molecule has 0 saturated heterocycles. The van der Waals surface area contributed by atoms with Crippen LogP contribution in [0.4, 0.5) is 11.4 Å². The second-order valence-corrected chi connectivity index (χ2v) is 9.37. The van der Waals surface area contributed by atoms with Crippen molar-refractivity contribution in [1.29, 1.82) is 0 Å². The van der Waals surface area contributed by atoms with Gasteiger partial charge in [0.15, 0.2) is 0 Å². The number of carbonyl (C=O) groups is 1. The molecule has 1 N–H and O–H groups in total. The number of benzene rings is 3. The van der Waals surface area contributed by atoms with Crippen molar-refractivity contribution in [2.24, 2.45) is 0 Å². The second-order valence-electron chi connectivity index (χ2n) is 7.46. The number of ether oxygens (including phenoxy) is 2. The summed E-state index contributed by atoms with van der Waals surface area (Å²) in [6.45, 7) is 2.68. The lowest BCUT2D eigenvalue weighted by Gasteiger charge is -2.22. The molecule has 3 aromatic rings. The van der Waals surface area contributed by atoms with E-state index in [1.54, 1.807) is 48.5 Å². The lowest BCUT2D eigenvalue weighted by atomic mass is 10.2. The zero-order chi connectivity index (χ0) is 23.7. The van der Waals surface area contributed by atoms with Gasteiger partial charge in [-0.05, 0) is 60.5 Å². The number of amides is 1. The third kappa shape index (κ3) is 7.54. The number of carbonyl (C=O) groups excluding carboxylic acids is 1. The van der Waals surface area contributed by atoms with Gasteiger partial charge in [-0.1, -0.05) is 37.3 Å². The summed E-state index contributed by atoms with van der Waals surface area (Å²) >= 11 is 0. The van der Waals surface area contributed by atoms with E-state index in [1.807, 2.05) is 37.3 Å². The topological polar surface area (TPSA) is 84.9 Å². The van der Waals surface area contributed by atoms with Crippen LogP contribution < -0.4 is 19.1 Å². The van der Waals surface area contributed by atoms with Crippen LogP contribution in [0.25, 0.3) is 0 Å². The zero-order valence-electron chi connectivity index (χ0n) is 18.7. The Kier molecular flexibility index (Phi) is 8.32. The number of anilines is 2. The molecule has 0 fully saturated rings. The van der Waals surface area contributed by atoms with Crippen molar-refractivity contribution in [3.63, 3.8) is 0 Å². The number of hydrogen-bond donors (Lipinski definition) is 1. The zero-order valence-corrected chi connectivity index (χ0v) is 19.5. The molecule has 0 aromatic heterocycles. The first kappa shape index (κ1) is 24.1. The fraction of sp³-hybridized carbons (Fsp3) is 0.240. The maximum atomic E-state index is 12.6. The Balaban J connectivity index is 1.59. The Morgan fingerprint density at radius 3 is 2.09 bits per heavy atom. The van der Waals surface area contributed by atoms with E-state index in [0.717, 1.165) is 22.5 Å². The van der Waals surface area contributed by atoms with Gasteiger partial charge >= 0.3 is 0 Å². The predicted molar refractivity (Wildman–Crippen MR) is 130 cm³/mol. The van der Waals surface area contributed by atoms with Gasteiger partial charge in [-0.3, -0.25) is 9.10 Å². The van der Waals surface area contributed by atoms with Crippen molar-refractivity contribution >= 4 is 27.3 Å². The quantitative estimate of drug-likeness (QED) is 0.449. The largest absolute Gasteiger partial charge is 0.494 e. The normalized spacial score (nSPS) is 11.0. The van der Waals surface area contributed by atoms with Gasteiger partial charge in [-0.15, -0.1) is 0 Å². The number of rotatable bonds is 11. The van der Waals surface area contributed by atoms with Gasteiger partial charge in [0.05, 0.1) is 18.6 Å². The average Bonchev–Trinajstić information content (AvgIpc) is 2.81. The molecular formula is C25H28N2O5S. The third-order valence-electron chi connectivity index (χ3n) is 4.67. The summed E-state index contributed by atoms with van der Waals surface area (Å²) in [6.07, 6.45) is 1.94. The Morgan fingerprint density at radius 2 is 1.48 bits per heavy atom. The Bertz CT molecular complexity index is 1130. The lowest BCUT2D eigenvalue weighted by molar-refractivity contribution is -0.114. The van der Waals surface area contributed by atoms with Crippen molar-refractivity contribution in [3.8, 4) is 11.5 Å². The van der Waals surface area contributed by atoms with Gasteiger partial charge in [-0.2, -0.15) is 0 Å². The predicted octanol–water partition coefficient (Wildman–Crippen LogP) is 4.46.